The molecule has 2 amide bonds. The highest BCUT2D eigenvalue weighted by atomic mass is 19.1. The molecule has 0 unspecified atom stereocenters. The van der Waals surface area contributed by atoms with Crippen LogP contribution in [0.2, 0.25) is 0 Å². The first-order valence-corrected chi connectivity index (χ1v) is 9.68. The molecule has 0 bridgehead atoms. The number of aliphatic hydroxyl groups excluding tert-OH is 2. The minimum atomic E-state index is -1.25. The number of hydrogen-bond donors (Lipinski definition) is 3. The van der Waals surface area contributed by atoms with Gasteiger partial charge in [-0.2, -0.15) is 0 Å². The molecule has 30 heavy (non-hydrogen) atoms. The van der Waals surface area contributed by atoms with Crippen molar-refractivity contribution in [3.05, 3.63) is 71.5 Å². The molecule has 3 N–H and O–H groups in total. The molecule has 8 heteroatoms. The van der Waals surface area contributed by atoms with Crippen LogP contribution >= 0.6 is 0 Å². The molecule has 2 aromatic rings. The van der Waals surface area contributed by atoms with Crippen LogP contribution in [0.3, 0.4) is 0 Å². The molecule has 1 aliphatic heterocycles. The van der Waals surface area contributed by atoms with Crippen LogP contribution in [0.25, 0.3) is 0 Å². The lowest BCUT2D eigenvalue weighted by Crippen LogP contribution is -2.40. The largest absolute Gasteiger partial charge is 0.388 e. The van der Waals surface area contributed by atoms with Gasteiger partial charge in [0.15, 0.2) is 0 Å². The number of amides is 2. The van der Waals surface area contributed by atoms with Crippen LogP contribution in [0.5, 0.6) is 0 Å². The molecule has 1 heterocycles. The van der Waals surface area contributed by atoms with Gasteiger partial charge in [-0.1, -0.05) is 36.4 Å². The highest BCUT2D eigenvalue weighted by Gasteiger charge is 2.43. The van der Waals surface area contributed by atoms with E-state index in [2.05, 4.69) is 5.32 Å². The Hall–Kier alpha value is -2.81. The van der Waals surface area contributed by atoms with Gasteiger partial charge in [0.2, 0.25) is 5.91 Å². The maximum Gasteiger partial charge on any atom is 0.251 e. The molecule has 0 spiro atoms. The maximum atomic E-state index is 13.2. The molecular formula is C22H25FN2O5. The van der Waals surface area contributed by atoms with E-state index in [9.17, 15) is 24.2 Å². The Kier molecular flexibility index (Phi) is 7.15. The van der Waals surface area contributed by atoms with Crippen molar-refractivity contribution in [2.75, 3.05) is 13.6 Å². The molecule has 160 valence electrons. The summed E-state index contributed by atoms with van der Waals surface area (Å²) in [6, 6.07) is 14.7. The van der Waals surface area contributed by atoms with Crippen LogP contribution in [0.1, 0.15) is 22.3 Å². The Morgan fingerprint density at radius 1 is 1.07 bits per heavy atom. The minimum absolute atomic E-state index is 0.0852. The van der Waals surface area contributed by atoms with Crippen molar-refractivity contribution in [3.8, 4) is 0 Å². The number of carbonyl (C=O) groups excluding carboxylic acids is 2. The third-order valence-corrected chi connectivity index (χ3v) is 5.08. The molecule has 2 aromatic carbocycles. The second kappa shape index (κ2) is 9.80. The van der Waals surface area contributed by atoms with Crippen LogP contribution in [-0.2, 0) is 16.1 Å². The molecule has 1 fully saturated rings. The third-order valence-electron chi connectivity index (χ3n) is 5.08. The summed E-state index contributed by atoms with van der Waals surface area (Å²) < 4.78 is 18.9. The minimum Gasteiger partial charge on any atom is -0.388 e. The first-order valence-electron chi connectivity index (χ1n) is 9.68. The summed E-state index contributed by atoms with van der Waals surface area (Å²) in [5, 5.41) is 23.0. The molecule has 0 aliphatic carbocycles. The number of carbonyl (C=O) groups is 2. The van der Waals surface area contributed by atoms with Crippen molar-refractivity contribution in [1.29, 1.82) is 0 Å². The van der Waals surface area contributed by atoms with Crippen LogP contribution in [0.4, 0.5) is 4.39 Å². The quantitative estimate of drug-likeness (QED) is 0.628. The highest BCUT2D eigenvalue weighted by Crippen LogP contribution is 2.24. The standard InChI is InChI=1S/C22H25FN2O5/c1-25(13-14-6-3-2-4-7-14)19(26)11-17-20(27)21(28)18(30-17)12-24-22(29)15-8-5-9-16(23)10-15/h2-10,17-18,20-21,27-28H,11-13H2,1H3,(H,24,29)/t17-,18-,20+,21-/m1/s1. The van der Waals surface area contributed by atoms with Gasteiger partial charge in [-0.05, 0) is 23.8 Å². The Labute approximate surface area is 174 Å². The average Bonchev–Trinajstić information content (AvgIpc) is 3.00. The Balaban J connectivity index is 1.51. The molecule has 1 saturated heterocycles. The van der Waals surface area contributed by atoms with Gasteiger partial charge in [-0.3, -0.25) is 9.59 Å². The highest BCUT2D eigenvalue weighted by molar-refractivity contribution is 5.94. The molecule has 0 aromatic heterocycles. The number of hydrogen-bond acceptors (Lipinski definition) is 5. The van der Waals surface area contributed by atoms with Gasteiger partial charge >= 0.3 is 0 Å². The third kappa shape index (κ3) is 5.41. The number of rotatable bonds is 7. The summed E-state index contributed by atoms with van der Waals surface area (Å²) in [5.41, 5.74) is 1.11. The fraction of sp³-hybridized carbons (Fsp3) is 0.364. The number of benzene rings is 2. The second-order valence-electron chi connectivity index (χ2n) is 7.35. The molecule has 0 saturated carbocycles. The number of nitrogens with zero attached hydrogens (tertiary/aromatic N) is 1. The monoisotopic (exact) mass is 416 g/mol. The number of nitrogens with one attached hydrogen (secondary N) is 1. The summed E-state index contributed by atoms with van der Waals surface area (Å²) in [4.78, 5) is 26.1. The van der Waals surface area contributed by atoms with Gasteiger partial charge in [0, 0.05) is 25.7 Å². The summed E-state index contributed by atoms with van der Waals surface area (Å²) in [6.07, 6.45) is -4.38. The first kappa shape index (κ1) is 21.9. The zero-order chi connectivity index (χ0) is 21.7. The van der Waals surface area contributed by atoms with Crippen molar-refractivity contribution >= 4 is 11.8 Å². The van der Waals surface area contributed by atoms with Crippen LogP contribution in [0.15, 0.2) is 54.6 Å². The van der Waals surface area contributed by atoms with Crippen LogP contribution in [0, 0.1) is 5.82 Å². The van der Waals surface area contributed by atoms with E-state index in [1.165, 1.54) is 23.1 Å². The maximum absolute atomic E-state index is 13.2. The fourth-order valence-electron chi connectivity index (χ4n) is 3.36. The zero-order valence-electron chi connectivity index (χ0n) is 16.6. The van der Waals surface area contributed by atoms with Crippen molar-refractivity contribution in [2.24, 2.45) is 0 Å². The average molecular weight is 416 g/mol. The Morgan fingerprint density at radius 2 is 1.77 bits per heavy atom. The lowest BCUT2D eigenvalue weighted by atomic mass is 10.0. The molecule has 0 radical (unpaired) electrons. The smallest absolute Gasteiger partial charge is 0.251 e. The van der Waals surface area contributed by atoms with Gasteiger partial charge in [0.25, 0.3) is 5.91 Å². The van der Waals surface area contributed by atoms with E-state index in [1.54, 1.807) is 7.05 Å². The van der Waals surface area contributed by atoms with E-state index in [-0.39, 0.29) is 24.4 Å². The van der Waals surface area contributed by atoms with E-state index >= 15 is 0 Å². The van der Waals surface area contributed by atoms with Gasteiger partial charge in [-0.15, -0.1) is 0 Å². The summed E-state index contributed by atoms with van der Waals surface area (Å²) in [7, 11) is 1.66. The molecule has 4 atom stereocenters. The lowest BCUT2D eigenvalue weighted by Gasteiger charge is -2.21. The Morgan fingerprint density at radius 3 is 2.47 bits per heavy atom. The van der Waals surface area contributed by atoms with E-state index < -0.39 is 36.1 Å². The van der Waals surface area contributed by atoms with Crippen molar-refractivity contribution in [1.82, 2.24) is 10.2 Å². The van der Waals surface area contributed by atoms with E-state index in [4.69, 9.17) is 4.74 Å². The van der Waals surface area contributed by atoms with E-state index in [0.29, 0.717) is 6.54 Å². The van der Waals surface area contributed by atoms with Gasteiger partial charge in [0.05, 0.1) is 12.5 Å². The topological polar surface area (TPSA) is 99.1 Å². The predicted octanol–water partition coefficient (Wildman–Crippen LogP) is 1.09. The normalized spacial score (nSPS) is 23.2. The number of halogens is 1. The van der Waals surface area contributed by atoms with Crippen molar-refractivity contribution in [3.63, 3.8) is 0 Å². The van der Waals surface area contributed by atoms with Gasteiger partial charge in [0.1, 0.15) is 24.1 Å². The summed E-state index contributed by atoms with van der Waals surface area (Å²) in [6.45, 7) is 0.330. The molecule has 3 rings (SSSR count). The van der Waals surface area contributed by atoms with Gasteiger partial charge < -0.3 is 25.2 Å². The SMILES string of the molecule is CN(Cc1ccccc1)C(=O)C[C@H]1O[C@H](CNC(=O)c2cccc(F)c2)[C@@H](O)[C@H]1O. The van der Waals surface area contributed by atoms with E-state index in [1.807, 2.05) is 30.3 Å². The predicted molar refractivity (Wildman–Crippen MR) is 107 cm³/mol. The molecular weight excluding hydrogens is 391 g/mol. The number of aliphatic hydroxyl groups is 2. The number of ether oxygens (including phenoxy) is 1. The zero-order valence-corrected chi connectivity index (χ0v) is 16.6. The van der Waals surface area contributed by atoms with Crippen molar-refractivity contribution in [2.45, 2.75) is 37.4 Å². The van der Waals surface area contributed by atoms with E-state index in [0.717, 1.165) is 11.6 Å². The fourth-order valence-corrected chi connectivity index (χ4v) is 3.36. The molecule has 7 nitrogen and oxygen atoms in total. The summed E-state index contributed by atoms with van der Waals surface area (Å²) in [5.74, 6) is -1.30. The Bertz CT molecular complexity index is 879. The van der Waals surface area contributed by atoms with Crippen LogP contribution < -0.4 is 5.32 Å². The van der Waals surface area contributed by atoms with Crippen LogP contribution in [-0.4, -0.2) is 64.9 Å². The van der Waals surface area contributed by atoms with Crippen molar-refractivity contribution < 1.29 is 28.9 Å². The first-order chi connectivity index (χ1) is 14.3. The lowest BCUT2D eigenvalue weighted by molar-refractivity contribution is -0.134. The molecule has 1 aliphatic rings. The summed E-state index contributed by atoms with van der Waals surface area (Å²) >= 11 is 0. The van der Waals surface area contributed by atoms with Gasteiger partial charge in [-0.25, -0.2) is 4.39 Å². The second-order valence-corrected chi connectivity index (χ2v) is 7.35.